The summed E-state index contributed by atoms with van der Waals surface area (Å²) < 4.78 is 5.46. The van der Waals surface area contributed by atoms with Gasteiger partial charge in [-0.2, -0.15) is 0 Å². The van der Waals surface area contributed by atoms with E-state index in [1.165, 1.54) is 0 Å². The second kappa shape index (κ2) is 9.88. The molecular weight excluding hydrogens is 430 g/mol. The Hall–Kier alpha value is -3.64. The molecule has 33 heavy (non-hydrogen) atoms. The lowest BCUT2D eigenvalue weighted by molar-refractivity contribution is 0.408. The van der Waals surface area contributed by atoms with Crippen molar-refractivity contribution in [2.45, 2.75) is 26.9 Å². The lowest BCUT2D eigenvalue weighted by Crippen LogP contribution is -2.35. The SMILES string of the molecule is COc1ccccc1NC(=S)N(Cc1ccccc1)Cc1cc2c(C)ccc(C)c2[nH]c1=O. The molecule has 168 valence electrons. The van der Waals surface area contributed by atoms with Crippen molar-refractivity contribution in [3.63, 3.8) is 0 Å². The number of aromatic nitrogens is 1. The minimum absolute atomic E-state index is 0.102. The number of benzene rings is 3. The summed E-state index contributed by atoms with van der Waals surface area (Å²) in [5.74, 6) is 0.703. The normalized spacial score (nSPS) is 10.8. The van der Waals surface area contributed by atoms with Gasteiger partial charge in [-0.15, -0.1) is 0 Å². The number of pyridine rings is 1. The predicted molar refractivity (Wildman–Crippen MR) is 139 cm³/mol. The van der Waals surface area contributed by atoms with Crippen LogP contribution < -0.4 is 15.6 Å². The third kappa shape index (κ3) is 5.07. The topological polar surface area (TPSA) is 57.4 Å². The zero-order valence-electron chi connectivity index (χ0n) is 19.0. The number of aromatic amines is 1. The van der Waals surface area contributed by atoms with E-state index >= 15 is 0 Å². The van der Waals surface area contributed by atoms with Gasteiger partial charge in [0, 0.05) is 17.5 Å². The van der Waals surface area contributed by atoms with Gasteiger partial charge in [0.2, 0.25) is 0 Å². The number of fused-ring (bicyclic) bond motifs is 1. The van der Waals surface area contributed by atoms with Gasteiger partial charge in [-0.25, -0.2) is 0 Å². The Balaban J connectivity index is 1.69. The molecule has 6 heteroatoms. The standard InChI is InChI=1S/C27H27N3O2S/c1-18-13-14-19(2)25-22(18)15-21(26(31)29-25)17-30(16-20-9-5-4-6-10-20)27(33)28-23-11-7-8-12-24(23)32-3/h4-15H,16-17H2,1-3H3,(H,28,33)(H,29,31). The highest BCUT2D eigenvalue weighted by molar-refractivity contribution is 7.80. The van der Waals surface area contributed by atoms with Crippen LogP contribution in [-0.4, -0.2) is 22.1 Å². The van der Waals surface area contributed by atoms with Crippen molar-refractivity contribution in [2.75, 3.05) is 12.4 Å². The van der Waals surface area contributed by atoms with Crippen molar-refractivity contribution in [1.82, 2.24) is 9.88 Å². The number of H-pyrrole nitrogens is 1. The summed E-state index contributed by atoms with van der Waals surface area (Å²) in [4.78, 5) is 18.1. The lowest BCUT2D eigenvalue weighted by Gasteiger charge is -2.26. The van der Waals surface area contributed by atoms with Crippen LogP contribution in [-0.2, 0) is 13.1 Å². The molecule has 0 aliphatic rings. The molecular formula is C27H27N3O2S. The zero-order valence-corrected chi connectivity index (χ0v) is 19.8. The van der Waals surface area contributed by atoms with Crippen LogP contribution >= 0.6 is 12.2 Å². The molecule has 0 atom stereocenters. The first-order valence-electron chi connectivity index (χ1n) is 10.8. The molecule has 4 aromatic rings. The van der Waals surface area contributed by atoms with Crippen LogP contribution in [0.2, 0.25) is 0 Å². The number of rotatable bonds is 6. The monoisotopic (exact) mass is 457 g/mol. The number of ether oxygens (including phenoxy) is 1. The highest BCUT2D eigenvalue weighted by atomic mass is 32.1. The Bertz CT molecular complexity index is 1350. The molecule has 1 aromatic heterocycles. The summed E-state index contributed by atoms with van der Waals surface area (Å²) >= 11 is 5.80. The first kappa shape index (κ1) is 22.6. The molecule has 0 unspecified atom stereocenters. The minimum Gasteiger partial charge on any atom is -0.495 e. The van der Waals surface area contributed by atoms with E-state index in [4.69, 9.17) is 17.0 Å². The van der Waals surface area contributed by atoms with Gasteiger partial charge in [0.05, 0.1) is 24.9 Å². The smallest absolute Gasteiger partial charge is 0.253 e. The van der Waals surface area contributed by atoms with E-state index in [0.717, 1.165) is 33.3 Å². The third-order valence-electron chi connectivity index (χ3n) is 5.73. The summed E-state index contributed by atoms with van der Waals surface area (Å²) in [7, 11) is 1.63. The van der Waals surface area contributed by atoms with Crippen molar-refractivity contribution >= 4 is 33.9 Å². The van der Waals surface area contributed by atoms with Gasteiger partial charge < -0.3 is 19.9 Å². The van der Waals surface area contributed by atoms with Gasteiger partial charge in [0.1, 0.15) is 5.75 Å². The second-order valence-corrected chi connectivity index (χ2v) is 8.47. The largest absolute Gasteiger partial charge is 0.495 e. The van der Waals surface area contributed by atoms with Crippen LogP contribution in [0.1, 0.15) is 22.3 Å². The van der Waals surface area contributed by atoms with Crippen LogP contribution in [0.5, 0.6) is 5.75 Å². The molecule has 0 amide bonds. The van der Waals surface area contributed by atoms with Crippen molar-refractivity contribution < 1.29 is 4.74 Å². The Morgan fingerprint density at radius 2 is 1.67 bits per heavy atom. The molecule has 0 aliphatic heterocycles. The molecule has 3 aromatic carbocycles. The van der Waals surface area contributed by atoms with Crippen molar-refractivity contribution in [3.8, 4) is 5.75 Å². The predicted octanol–water partition coefficient (Wildman–Crippen LogP) is 5.55. The summed E-state index contributed by atoms with van der Waals surface area (Å²) in [6.07, 6.45) is 0. The van der Waals surface area contributed by atoms with E-state index in [2.05, 4.69) is 35.4 Å². The van der Waals surface area contributed by atoms with E-state index in [1.54, 1.807) is 7.11 Å². The lowest BCUT2D eigenvalue weighted by atomic mass is 10.0. The fraction of sp³-hybridized carbons (Fsp3) is 0.185. The maximum absolute atomic E-state index is 13.0. The van der Waals surface area contributed by atoms with E-state index in [9.17, 15) is 4.79 Å². The number of aryl methyl sites for hydroxylation is 2. The number of para-hydroxylation sites is 2. The average molecular weight is 458 g/mol. The van der Waals surface area contributed by atoms with Gasteiger partial charge >= 0.3 is 0 Å². The van der Waals surface area contributed by atoms with Gasteiger partial charge in [-0.1, -0.05) is 54.6 Å². The van der Waals surface area contributed by atoms with E-state index < -0.39 is 0 Å². The average Bonchev–Trinajstić information content (AvgIpc) is 2.83. The van der Waals surface area contributed by atoms with Crippen molar-refractivity contribution in [2.24, 2.45) is 0 Å². The molecule has 1 heterocycles. The highest BCUT2D eigenvalue weighted by Gasteiger charge is 2.16. The molecule has 4 rings (SSSR count). The van der Waals surface area contributed by atoms with Crippen LogP contribution in [0.3, 0.4) is 0 Å². The van der Waals surface area contributed by atoms with Crippen molar-refractivity contribution in [3.05, 3.63) is 105 Å². The third-order valence-corrected chi connectivity index (χ3v) is 6.09. The number of nitrogens with one attached hydrogen (secondary N) is 2. The quantitative estimate of drug-likeness (QED) is 0.372. The van der Waals surface area contributed by atoms with Crippen LogP contribution in [0.15, 0.2) is 77.6 Å². The number of nitrogens with zero attached hydrogens (tertiary/aromatic N) is 1. The summed E-state index contributed by atoms with van der Waals surface area (Å²) in [6.45, 7) is 4.99. The molecule has 0 bridgehead atoms. The van der Waals surface area contributed by atoms with Gasteiger partial charge in [0.15, 0.2) is 5.11 Å². The fourth-order valence-electron chi connectivity index (χ4n) is 3.89. The maximum atomic E-state index is 13.0. The summed E-state index contributed by atoms with van der Waals surface area (Å²) in [5.41, 5.74) is 5.50. The summed E-state index contributed by atoms with van der Waals surface area (Å²) in [5, 5.41) is 4.87. The van der Waals surface area contributed by atoms with E-state index in [0.29, 0.717) is 29.5 Å². The number of thiocarbonyl (C=S) groups is 1. The number of hydrogen-bond donors (Lipinski definition) is 2. The zero-order chi connectivity index (χ0) is 23.4. The van der Waals surface area contributed by atoms with Crippen LogP contribution in [0.4, 0.5) is 5.69 Å². The minimum atomic E-state index is -0.102. The number of methoxy groups -OCH3 is 1. The molecule has 0 fully saturated rings. The Kier molecular flexibility index (Phi) is 6.75. The number of hydrogen-bond acceptors (Lipinski definition) is 3. The molecule has 0 saturated carbocycles. The van der Waals surface area contributed by atoms with Gasteiger partial charge in [-0.3, -0.25) is 4.79 Å². The highest BCUT2D eigenvalue weighted by Crippen LogP contribution is 2.25. The van der Waals surface area contributed by atoms with Gasteiger partial charge in [-0.05, 0) is 61.0 Å². The summed E-state index contributed by atoms with van der Waals surface area (Å²) in [6, 6.07) is 23.8. The molecule has 5 nitrogen and oxygen atoms in total. The fourth-order valence-corrected chi connectivity index (χ4v) is 4.13. The molecule has 0 radical (unpaired) electrons. The van der Waals surface area contributed by atoms with E-state index in [1.807, 2.05) is 66.4 Å². The van der Waals surface area contributed by atoms with Gasteiger partial charge in [0.25, 0.3) is 5.56 Å². The molecule has 2 N–H and O–H groups in total. The Morgan fingerprint density at radius 1 is 0.970 bits per heavy atom. The maximum Gasteiger partial charge on any atom is 0.253 e. The van der Waals surface area contributed by atoms with E-state index in [-0.39, 0.29) is 5.56 Å². The number of anilines is 1. The Labute approximate surface area is 199 Å². The molecule has 0 spiro atoms. The second-order valence-electron chi connectivity index (χ2n) is 8.08. The first-order chi connectivity index (χ1) is 16.0. The Morgan fingerprint density at radius 3 is 2.42 bits per heavy atom. The first-order valence-corrected chi connectivity index (χ1v) is 11.2. The van der Waals surface area contributed by atoms with Crippen molar-refractivity contribution in [1.29, 1.82) is 0 Å². The van der Waals surface area contributed by atoms with Crippen LogP contribution in [0, 0.1) is 13.8 Å². The molecule has 0 saturated heterocycles. The molecule has 0 aliphatic carbocycles. The van der Waals surface area contributed by atoms with Crippen LogP contribution in [0.25, 0.3) is 10.9 Å².